The van der Waals surface area contributed by atoms with Gasteiger partial charge < -0.3 is 9.72 Å². The van der Waals surface area contributed by atoms with Gasteiger partial charge in [-0.3, -0.25) is 0 Å². The lowest BCUT2D eigenvalue weighted by atomic mass is 10.4. The molecule has 0 atom stereocenters. The second-order valence-electron chi connectivity index (χ2n) is 2.28. The molecule has 0 unspecified atom stereocenters. The molecule has 0 aliphatic rings. The maximum absolute atomic E-state index is 10.6. The number of ether oxygens (including phenoxy) is 1. The minimum atomic E-state index is -0.373. The molecule has 0 aliphatic carbocycles. The molecule has 1 rings (SSSR count). The highest BCUT2D eigenvalue weighted by Gasteiger charge is 1.93. The first-order valence-electron chi connectivity index (χ1n) is 3.50. The van der Waals surface area contributed by atoms with Crippen molar-refractivity contribution < 1.29 is 9.53 Å². The Morgan fingerprint density at radius 2 is 2.50 bits per heavy atom. The first-order chi connectivity index (χ1) is 5.72. The highest BCUT2D eigenvalue weighted by molar-refractivity contribution is 5.86. The van der Waals surface area contributed by atoms with Gasteiger partial charge in [-0.25, -0.2) is 9.78 Å². The van der Waals surface area contributed by atoms with Crippen molar-refractivity contribution >= 4 is 12.0 Å². The van der Waals surface area contributed by atoms with E-state index in [2.05, 4.69) is 14.7 Å². The van der Waals surface area contributed by atoms with E-state index in [0.717, 1.165) is 11.5 Å². The standard InChI is InChI=1S/C8H10N2O2/c1-6-9-5-7(10-6)3-4-8(11)12-2/h3-5H,1-2H3,(H,9,10)/b4-3-. The van der Waals surface area contributed by atoms with Gasteiger partial charge in [0.15, 0.2) is 0 Å². The molecule has 0 bridgehead atoms. The number of rotatable bonds is 2. The number of nitrogens with one attached hydrogen (secondary N) is 1. The zero-order chi connectivity index (χ0) is 8.97. The van der Waals surface area contributed by atoms with Gasteiger partial charge in [0.25, 0.3) is 0 Å². The number of methoxy groups -OCH3 is 1. The summed E-state index contributed by atoms with van der Waals surface area (Å²) >= 11 is 0. The number of nitrogens with zero attached hydrogens (tertiary/aromatic N) is 1. The predicted octanol–water partition coefficient (Wildman–Crippen LogP) is 0.904. The normalized spacial score (nSPS) is 10.5. The van der Waals surface area contributed by atoms with Gasteiger partial charge in [-0.05, 0) is 13.0 Å². The molecule has 4 heteroatoms. The van der Waals surface area contributed by atoms with Gasteiger partial charge in [0.1, 0.15) is 5.82 Å². The molecule has 4 nitrogen and oxygen atoms in total. The van der Waals surface area contributed by atoms with Crippen LogP contribution in [0.5, 0.6) is 0 Å². The predicted molar refractivity (Wildman–Crippen MR) is 44.4 cm³/mol. The first kappa shape index (κ1) is 8.52. The van der Waals surface area contributed by atoms with Crippen LogP contribution in [0.1, 0.15) is 11.5 Å². The van der Waals surface area contributed by atoms with Gasteiger partial charge in [-0.2, -0.15) is 0 Å². The van der Waals surface area contributed by atoms with Crippen LogP contribution in [0.3, 0.4) is 0 Å². The molecule has 0 amide bonds. The molecule has 0 radical (unpaired) electrons. The number of esters is 1. The molecule has 0 aromatic carbocycles. The van der Waals surface area contributed by atoms with Crippen LogP contribution in [-0.4, -0.2) is 23.0 Å². The lowest BCUT2D eigenvalue weighted by Gasteiger charge is -1.87. The summed E-state index contributed by atoms with van der Waals surface area (Å²) in [5.74, 6) is 0.446. The fourth-order valence-corrected chi connectivity index (χ4v) is 0.750. The molecule has 0 spiro atoms. The van der Waals surface area contributed by atoms with Gasteiger partial charge in [-0.15, -0.1) is 0 Å². The summed E-state index contributed by atoms with van der Waals surface area (Å²) in [7, 11) is 1.34. The molecular formula is C8H10N2O2. The van der Waals surface area contributed by atoms with Crippen molar-refractivity contribution in [2.45, 2.75) is 6.92 Å². The summed E-state index contributed by atoms with van der Waals surface area (Å²) in [4.78, 5) is 17.6. The second kappa shape index (κ2) is 3.71. The summed E-state index contributed by atoms with van der Waals surface area (Å²) in [5, 5.41) is 0. The molecule has 1 heterocycles. The molecule has 64 valence electrons. The van der Waals surface area contributed by atoms with Crippen LogP contribution >= 0.6 is 0 Å². The number of aromatic nitrogens is 2. The lowest BCUT2D eigenvalue weighted by molar-refractivity contribution is -0.134. The third-order valence-corrected chi connectivity index (χ3v) is 1.32. The van der Waals surface area contributed by atoms with Gasteiger partial charge in [0.2, 0.25) is 0 Å². The van der Waals surface area contributed by atoms with Crippen molar-refractivity contribution in [3.63, 3.8) is 0 Å². The van der Waals surface area contributed by atoms with Crippen molar-refractivity contribution in [3.8, 4) is 0 Å². The highest BCUT2D eigenvalue weighted by atomic mass is 16.5. The van der Waals surface area contributed by atoms with Crippen LogP contribution in [0.15, 0.2) is 12.3 Å². The van der Waals surface area contributed by atoms with Crippen molar-refractivity contribution in [2.75, 3.05) is 7.11 Å². The Morgan fingerprint density at radius 3 is 3.00 bits per heavy atom. The number of imidazole rings is 1. The lowest BCUT2D eigenvalue weighted by Crippen LogP contribution is -1.93. The largest absolute Gasteiger partial charge is 0.466 e. The number of carbonyl (C=O) groups is 1. The molecule has 1 aromatic rings. The average molecular weight is 166 g/mol. The van der Waals surface area contributed by atoms with E-state index in [1.165, 1.54) is 13.2 Å². The summed E-state index contributed by atoms with van der Waals surface area (Å²) in [6, 6.07) is 0. The fraction of sp³-hybridized carbons (Fsp3) is 0.250. The van der Waals surface area contributed by atoms with E-state index >= 15 is 0 Å². The maximum Gasteiger partial charge on any atom is 0.330 e. The average Bonchev–Trinajstić information content (AvgIpc) is 2.47. The second-order valence-corrected chi connectivity index (χ2v) is 2.28. The van der Waals surface area contributed by atoms with Crippen LogP contribution < -0.4 is 0 Å². The van der Waals surface area contributed by atoms with E-state index in [1.807, 2.05) is 6.92 Å². The smallest absolute Gasteiger partial charge is 0.330 e. The Labute approximate surface area is 70.3 Å². The Balaban J connectivity index is 2.63. The van der Waals surface area contributed by atoms with Crippen molar-refractivity contribution in [2.24, 2.45) is 0 Å². The van der Waals surface area contributed by atoms with E-state index in [9.17, 15) is 4.79 Å². The molecule has 12 heavy (non-hydrogen) atoms. The highest BCUT2D eigenvalue weighted by Crippen LogP contribution is 1.98. The number of hydrogen-bond acceptors (Lipinski definition) is 3. The van der Waals surface area contributed by atoms with Crippen molar-refractivity contribution in [1.82, 2.24) is 9.97 Å². The molecule has 1 aromatic heterocycles. The Kier molecular flexibility index (Phi) is 2.63. The quantitative estimate of drug-likeness (QED) is 0.524. The van der Waals surface area contributed by atoms with Crippen LogP contribution in [0.2, 0.25) is 0 Å². The number of aryl methyl sites for hydroxylation is 1. The summed E-state index contributed by atoms with van der Waals surface area (Å²) in [5.41, 5.74) is 0.790. The SMILES string of the molecule is COC(=O)/C=C\c1cnc(C)[nH]1. The van der Waals surface area contributed by atoms with Crippen molar-refractivity contribution in [1.29, 1.82) is 0 Å². The Bertz CT molecular complexity index is 302. The van der Waals surface area contributed by atoms with E-state index in [-0.39, 0.29) is 5.97 Å². The van der Waals surface area contributed by atoms with E-state index in [0.29, 0.717) is 0 Å². The Hall–Kier alpha value is -1.58. The third kappa shape index (κ3) is 2.23. The maximum atomic E-state index is 10.6. The number of carbonyl (C=O) groups excluding carboxylic acids is 1. The third-order valence-electron chi connectivity index (χ3n) is 1.32. The number of H-pyrrole nitrogens is 1. The van der Waals surface area contributed by atoms with Gasteiger partial charge >= 0.3 is 5.97 Å². The van der Waals surface area contributed by atoms with E-state index in [1.54, 1.807) is 12.3 Å². The van der Waals surface area contributed by atoms with Crippen LogP contribution in [0.25, 0.3) is 6.08 Å². The van der Waals surface area contributed by atoms with E-state index in [4.69, 9.17) is 0 Å². The Morgan fingerprint density at radius 1 is 1.75 bits per heavy atom. The zero-order valence-electron chi connectivity index (χ0n) is 7.00. The molecular weight excluding hydrogens is 156 g/mol. The van der Waals surface area contributed by atoms with Crippen LogP contribution in [0.4, 0.5) is 0 Å². The fourth-order valence-electron chi connectivity index (χ4n) is 0.750. The van der Waals surface area contributed by atoms with E-state index < -0.39 is 0 Å². The molecule has 0 aliphatic heterocycles. The topological polar surface area (TPSA) is 55.0 Å². The van der Waals surface area contributed by atoms with Gasteiger partial charge in [0, 0.05) is 6.08 Å². The van der Waals surface area contributed by atoms with Gasteiger partial charge in [0.05, 0.1) is 19.0 Å². The molecule has 0 fully saturated rings. The molecule has 1 N–H and O–H groups in total. The zero-order valence-corrected chi connectivity index (χ0v) is 7.00. The monoisotopic (exact) mass is 166 g/mol. The summed E-state index contributed by atoms with van der Waals surface area (Å²) < 4.78 is 4.42. The molecule has 0 saturated heterocycles. The van der Waals surface area contributed by atoms with Crippen LogP contribution in [0, 0.1) is 6.92 Å². The number of hydrogen-bond donors (Lipinski definition) is 1. The van der Waals surface area contributed by atoms with Crippen molar-refractivity contribution in [3.05, 3.63) is 23.8 Å². The molecule has 0 saturated carbocycles. The first-order valence-corrected chi connectivity index (χ1v) is 3.50. The van der Waals surface area contributed by atoms with Gasteiger partial charge in [-0.1, -0.05) is 0 Å². The summed E-state index contributed by atoms with van der Waals surface area (Å²) in [6.07, 6.45) is 4.60. The summed E-state index contributed by atoms with van der Waals surface area (Å²) in [6.45, 7) is 1.84. The minimum Gasteiger partial charge on any atom is -0.466 e. The number of aromatic amines is 1. The minimum absolute atomic E-state index is 0.373. The van der Waals surface area contributed by atoms with Crippen LogP contribution in [-0.2, 0) is 9.53 Å².